The highest BCUT2D eigenvalue weighted by Crippen LogP contribution is 2.46. The van der Waals surface area contributed by atoms with E-state index in [4.69, 9.17) is 66.3 Å². The molecule has 0 aromatic rings. The molecular weight excluding hydrogens is 1910 g/mol. The zero-order valence-corrected chi connectivity index (χ0v) is 81.6. The van der Waals surface area contributed by atoms with Gasteiger partial charge in [0.1, 0.15) is 146 Å². The Morgan fingerprint density at radius 2 is 0.769 bits per heavy atom. The summed E-state index contributed by atoms with van der Waals surface area (Å²) >= 11 is 0. The van der Waals surface area contributed by atoms with E-state index in [1.54, 1.807) is 6.08 Å². The second kappa shape index (κ2) is 60.3. The lowest BCUT2D eigenvalue weighted by Crippen LogP contribution is -2.72. The summed E-state index contributed by atoms with van der Waals surface area (Å²) in [5.41, 5.74) is 0. The molecule has 7 rings (SSSR count). The zero-order valence-electron chi connectivity index (χ0n) is 81.6. The number of carboxylic acids is 3. The Balaban J connectivity index is 1.28. The van der Waals surface area contributed by atoms with Crippen LogP contribution in [-0.4, -0.2) is 465 Å². The summed E-state index contributed by atoms with van der Waals surface area (Å²) in [6.07, 6.45) is -53.5. The third kappa shape index (κ3) is 34.1. The first-order chi connectivity index (χ1) is 67.9. The Bertz CT molecular complexity index is 3840. The number of allylic oxidation sites excluding steroid dienone is 1. The van der Waals surface area contributed by atoms with Crippen LogP contribution in [0, 0.1) is 5.92 Å². The first-order valence-corrected chi connectivity index (χ1v) is 49.6. The molecule has 40 atom stereocenters. The van der Waals surface area contributed by atoms with E-state index in [-0.39, 0.29) is 6.42 Å². The van der Waals surface area contributed by atoms with Crippen molar-refractivity contribution < 1.29 is 232 Å². The lowest BCUT2D eigenvalue weighted by Gasteiger charge is -2.53. The molecule has 0 saturated carbocycles. The fourth-order valence-electron chi connectivity index (χ4n) is 19.0. The number of hydrogen-bond acceptors (Lipinski definition) is 44. The Kier molecular flexibility index (Phi) is 52.4. The molecule has 143 heavy (non-hydrogen) atoms. The standard InChI is InChI=1S/C92H158N4O47/c1-7-9-11-13-15-17-19-20-22-23-25-27-29-31-51(108)50(96-62(114)32-30-28-26-24-21-18-16-14-12-10-8-2)44-130-84-72(121)71(120)76(60(42-102)133-84)136-86-74(123)82(143-92(89(128)129)36-54(111)65(95-48(6)107)80(141-92)70(119)59(41-101)138-90(87(124)125)34-52(109)63(93-46(4)105)78(139-90)66(115)55(112)37-97)77(61(43-103)134-86)137-83-49(33-45(3)104)75(68(117)57(39-99)131-83)135-85-73(122)81(69(118)58(40-100)132-85)142-91(88(126)127)35-53(110)64(94-47(5)106)79(140-91)67(116)56(113)38-98/h29,31,49-61,63-86,97-103,108-113,115-123H,7-28,30,32-44H2,1-6H3,(H,93,105)(H,94,106)(H,95,107)(H,96,114)(H,124,125)(H,126,127)(H,128,129)/b31-29+/t49-,50+,51-,52+,53+,54+,55-,56-,57-,58-,59-,60-,61-,63-,64-,65-,66-,67-,68+,69+,70-,71-,72-,73-,74-,75-,76-,77+,78?,79?,80?,81+,82-,83+,84-,85+,86+,90-,91+,92+/m1/s1. The summed E-state index contributed by atoms with van der Waals surface area (Å²) in [5.74, 6) is -23.8. The van der Waals surface area contributed by atoms with E-state index >= 15 is 0 Å². The number of nitrogens with one attached hydrogen (secondary N) is 4. The highest BCUT2D eigenvalue weighted by atomic mass is 16.8. The molecule has 0 bridgehead atoms. The van der Waals surface area contributed by atoms with Crippen LogP contribution < -0.4 is 21.3 Å². The number of ketones is 1. The van der Waals surface area contributed by atoms with Crippen molar-refractivity contribution in [1.82, 2.24) is 21.3 Å². The van der Waals surface area contributed by atoms with E-state index in [9.17, 15) is 166 Å². The van der Waals surface area contributed by atoms with Crippen molar-refractivity contribution in [2.75, 3.05) is 52.9 Å². The van der Waals surface area contributed by atoms with E-state index in [1.165, 1.54) is 51.0 Å². The van der Waals surface area contributed by atoms with Gasteiger partial charge >= 0.3 is 17.9 Å². The highest BCUT2D eigenvalue weighted by molar-refractivity contribution is 5.79. The van der Waals surface area contributed by atoms with Crippen molar-refractivity contribution >= 4 is 47.3 Å². The Hall–Kier alpha value is -5.74. The third-order valence-corrected chi connectivity index (χ3v) is 26.9. The molecule has 51 nitrogen and oxygen atoms in total. The molecule has 7 aliphatic heterocycles. The second-order valence-electron chi connectivity index (χ2n) is 38.1. The minimum atomic E-state index is -3.79. The summed E-state index contributed by atoms with van der Waals surface area (Å²) in [5, 5.41) is 296. The van der Waals surface area contributed by atoms with Crippen LogP contribution in [-0.2, 0) is 105 Å². The Morgan fingerprint density at radius 3 is 1.20 bits per heavy atom. The number of aliphatic hydroxyl groups excluding tert-OH is 22. The van der Waals surface area contributed by atoms with Crippen LogP contribution >= 0.6 is 0 Å². The number of rotatable bonds is 63. The second-order valence-corrected chi connectivity index (χ2v) is 38.1. The van der Waals surface area contributed by atoms with Gasteiger partial charge in [-0.3, -0.25) is 19.2 Å². The van der Waals surface area contributed by atoms with E-state index < -0.39 is 369 Å². The van der Waals surface area contributed by atoms with Crippen molar-refractivity contribution in [3.8, 4) is 0 Å². The zero-order chi connectivity index (χ0) is 106. The van der Waals surface area contributed by atoms with Crippen LogP contribution in [0.1, 0.15) is 221 Å². The van der Waals surface area contributed by atoms with Gasteiger partial charge in [-0.1, -0.05) is 154 Å². The van der Waals surface area contributed by atoms with Gasteiger partial charge in [0, 0.05) is 58.8 Å². The van der Waals surface area contributed by atoms with Gasteiger partial charge in [0.15, 0.2) is 25.2 Å². The molecule has 51 heteroatoms. The lowest BCUT2D eigenvalue weighted by molar-refractivity contribution is -0.409. The molecule has 0 aromatic carbocycles. The van der Waals surface area contributed by atoms with Crippen molar-refractivity contribution in [3.05, 3.63) is 12.2 Å². The van der Waals surface area contributed by atoms with E-state index in [2.05, 4.69) is 35.1 Å². The van der Waals surface area contributed by atoms with Gasteiger partial charge in [-0.25, -0.2) is 14.4 Å². The molecule has 0 aromatic heterocycles. The first-order valence-electron chi connectivity index (χ1n) is 49.6. The summed E-state index contributed by atoms with van der Waals surface area (Å²) in [4.78, 5) is 107. The predicted molar refractivity (Wildman–Crippen MR) is 484 cm³/mol. The van der Waals surface area contributed by atoms with Crippen LogP contribution in [0.3, 0.4) is 0 Å². The Labute approximate surface area is 827 Å². The van der Waals surface area contributed by atoms with Gasteiger partial charge in [0.05, 0.1) is 108 Å². The maximum atomic E-state index is 14.6. The van der Waals surface area contributed by atoms with Crippen molar-refractivity contribution in [1.29, 1.82) is 0 Å². The van der Waals surface area contributed by atoms with Crippen LogP contribution in [0.25, 0.3) is 0 Å². The topological polar surface area (TPSA) is 820 Å². The Morgan fingerprint density at radius 1 is 0.399 bits per heavy atom. The smallest absolute Gasteiger partial charge is 0.364 e. The molecule has 7 fully saturated rings. The van der Waals surface area contributed by atoms with E-state index in [0.717, 1.165) is 118 Å². The summed E-state index contributed by atoms with van der Waals surface area (Å²) in [6, 6.07) is -7.08. The summed E-state index contributed by atoms with van der Waals surface area (Å²) < 4.78 is 84.8. The summed E-state index contributed by atoms with van der Waals surface area (Å²) in [6.45, 7) is -2.12. The maximum Gasteiger partial charge on any atom is 0.364 e. The average Bonchev–Trinajstić information content (AvgIpc) is 0.745. The predicted octanol–water partition coefficient (Wildman–Crippen LogP) is -7.16. The fraction of sp³-hybridized carbons (Fsp3) is 0.891. The number of aliphatic carboxylic acids is 3. The minimum absolute atomic E-state index is 0.0477. The first kappa shape index (κ1) is 124. The van der Waals surface area contributed by atoms with Gasteiger partial charge in [-0.2, -0.15) is 0 Å². The van der Waals surface area contributed by atoms with Gasteiger partial charge in [0.2, 0.25) is 23.6 Å². The number of ether oxygens (including phenoxy) is 14. The van der Waals surface area contributed by atoms with Gasteiger partial charge in [-0.05, 0) is 26.2 Å². The summed E-state index contributed by atoms with van der Waals surface area (Å²) in [7, 11) is 0. The molecule has 7 saturated heterocycles. The monoisotopic (exact) mass is 2070 g/mol. The number of carbonyl (C=O) groups is 8. The lowest BCUT2D eigenvalue weighted by atomic mass is 9.86. The van der Waals surface area contributed by atoms with Gasteiger partial charge in [-0.15, -0.1) is 0 Å². The van der Waals surface area contributed by atoms with Crippen LogP contribution in [0.2, 0.25) is 0 Å². The van der Waals surface area contributed by atoms with E-state index in [0.29, 0.717) is 12.8 Å². The van der Waals surface area contributed by atoms with Crippen LogP contribution in [0.15, 0.2) is 12.2 Å². The highest BCUT2D eigenvalue weighted by Gasteiger charge is 2.66. The molecule has 3 unspecified atom stereocenters. The minimum Gasteiger partial charge on any atom is -0.477 e. The molecule has 0 spiro atoms. The van der Waals surface area contributed by atoms with Crippen molar-refractivity contribution in [3.63, 3.8) is 0 Å². The SMILES string of the molecule is CCCCCCCCCCCCC/C=C/[C@@H](O)[C@H](CO[C@@H]1O[C@H](CO)[C@@H](O[C@@H]2O[C@H](CO)[C@H](O[C@@H]3O[C@H](CO)[C@H](O)[C@H](O[C@@H]4O[C@H](CO)[C@H](O)[C@H](O[C@]5(C(=O)O)C[C@H](O)[C@@H](NC(C)=O)C([C@H](O)[C@H](O)CO)O5)[C@H]4O)[C@H]3CC(C)=O)[C@H](O[C@]3(C(=O)O)C[C@H](O)[C@@H](NC(C)=O)C([C@H](O)[C@@H](CO)O[C@]4(C(=O)O)C[C@H](O)[C@@H](NC(C)=O)C([C@H](O)[C@H](O)CO)O4)O3)[C@H]2O)[C@H](O)[C@H]1O)NC(=O)CCCCCCCCCCCCC. The molecule has 0 radical (unpaired) electrons. The molecular formula is C92H158N4O47. The van der Waals surface area contributed by atoms with Crippen LogP contribution in [0.4, 0.5) is 0 Å². The normalized spacial score (nSPS) is 36.2. The third-order valence-electron chi connectivity index (χ3n) is 26.9. The number of aliphatic hydroxyl groups is 22. The quantitative estimate of drug-likeness (QED) is 0.0199. The van der Waals surface area contributed by atoms with Crippen molar-refractivity contribution in [2.24, 2.45) is 5.92 Å². The number of Topliss-reactive ketones (excluding diaryl/α,β-unsaturated/α-hetero) is 1. The van der Waals surface area contributed by atoms with Crippen molar-refractivity contribution in [2.45, 2.75) is 459 Å². The number of amides is 4. The number of unbranched alkanes of at least 4 members (excludes halogenated alkanes) is 21. The van der Waals surface area contributed by atoms with E-state index in [1.807, 2.05) is 0 Å². The molecule has 828 valence electrons. The van der Waals surface area contributed by atoms with Gasteiger partial charge in [0.25, 0.3) is 17.4 Å². The van der Waals surface area contributed by atoms with Gasteiger partial charge < -0.3 is 220 Å². The van der Waals surface area contributed by atoms with Crippen LogP contribution in [0.5, 0.6) is 0 Å². The number of carbonyl (C=O) groups excluding carboxylic acids is 5. The fourth-order valence-corrected chi connectivity index (χ4v) is 19.0. The molecule has 7 aliphatic rings. The number of hydrogen-bond donors (Lipinski definition) is 29. The molecule has 0 aliphatic carbocycles. The molecule has 7 heterocycles. The largest absolute Gasteiger partial charge is 0.477 e. The number of carboxylic acid groups (broad SMARTS) is 3. The molecule has 29 N–H and O–H groups in total. The average molecular weight is 2070 g/mol. The maximum absolute atomic E-state index is 14.6. The molecule has 4 amide bonds.